The predicted molar refractivity (Wildman–Crippen MR) is 193 cm³/mol. The van der Waals surface area contributed by atoms with E-state index < -0.39 is 27.2 Å². The molecule has 0 bridgehead atoms. The average Bonchev–Trinajstić information content (AvgIpc) is 3.07. The predicted octanol–water partition coefficient (Wildman–Crippen LogP) is 9.59. The molecule has 0 atom stereocenters. The molecule has 6 aromatic rings. The first kappa shape index (κ1) is 31.4. The second-order valence-electron chi connectivity index (χ2n) is 12.4. The van der Waals surface area contributed by atoms with Crippen LogP contribution in [0.1, 0.15) is 33.4 Å². The zero-order valence-electron chi connectivity index (χ0n) is 26.0. The van der Waals surface area contributed by atoms with Crippen LogP contribution in [0.3, 0.4) is 0 Å². The molecule has 1 nitrogen and oxygen atoms in total. The molecule has 0 unspecified atom stereocenters. The fourth-order valence-corrected chi connectivity index (χ4v) is 38.3. The van der Waals surface area contributed by atoms with Crippen LogP contribution in [-0.4, -0.2) is 27.2 Å². The average molecular weight is 708 g/mol. The van der Waals surface area contributed by atoms with Gasteiger partial charge in [0.25, 0.3) is 0 Å². The third-order valence-corrected chi connectivity index (χ3v) is 33.2. The molecule has 0 heterocycles. The van der Waals surface area contributed by atoms with Crippen LogP contribution in [0, 0.1) is 0 Å². The minimum absolute atomic E-state index is 1.04. The molecule has 0 saturated heterocycles. The molecule has 224 valence electrons. The van der Waals surface area contributed by atoms with Gasteiger partial charge in [0.2, 0.25) is 0 Å². The van der Waals surface area contributed by atoms with Gasteiger partial charge in [-0.2, -0.15) is 0 Å². The van der Waals surface area contributed by atoms with Gasteiger partial charge in [0.1, 0.15) is 0 Å². The van der Waals surface area contributed by atoms with E-state index in [9.17, 15) is 0 Å². The summed E-state index contributed by atoms with van der Waals surface area (Å²) >= 11 is -6.54. The summed E-state index contributed by atoms with van der Waals surface area (Å²) in [5.41, 5.74) is 8.42. The first-order valence-corrected chi connectivity index (χ1v) is 26.7. The summed E-state index contributed by atoms with van der Waals surface area (Å²) in [5.74, 6) is 0. The van der Waals surface area contributed by atoms with Crippen molar-refractivity contribution in [2.24, 2.45) is 0 Å². The molecule has 0 fully saturated rings. The molecular formula is C42H42Ge2O. The number of hydrogen-bond acceptors (Lipinski definition) is 1. The fourth-order valence-electron chi connectivity index (χ4n) is 6.86. The zero-order chi connectivity index (χ0) is 30.6. The van der Waals surface area contributed by atoms with Gasteiger partial charge in [-0.3, -0.25) is 0 Å². The summed E-state index contributed by atoms with van der Waals surface area (Å²) in [4.78, 5) is 0. The maximum atomic E-state index is 8.42. The standard InChI is InChI=1S/C42H42Ge2O/c1-7-19-37(20-8-1)31-43(32-38-21-9-2-10-22-38,33-39-23-11-3-12-24-39)45-44(34-40-25-13-4-14-26-40,35-41-27-15-5-16-28-41)36-42-29-17-6-18-30-42/h1-30H,31-36H2. The van der Waals surface area contributed by atoms with Crippen molar-refractivity contribution in [3.05, 3.63) is 215 Å². The second-order valence-corrected chi connectivity index (χ2v) is 29.5. The Morgan fingerprint density at radius 1 is 0.244 bits per heavy atom. The number of benzene rings is 6. The molecule has 0 aromatic heterocycles. The summed E-state index contributed by atoms with van der Waals surface area (Å²) in [7, 11) is 0. The molecule has 0 radical (unpaired) electrons. The van der Waals surface area contributed by atoms with E-state index in [0.717, 1.165) is 31.5 Å². The Kier molecular flexibility index (Phi) is 10.9. The van der Waals surface area contributed by atoms with Crippen LogP contribution >= 0.6 is 0 Å². The van der Waals surface area contributed by atoms with E-state index in [1.54, 1.807) is 0 Å². The Balaban J connectivity index is 1.53. The molecule has 0 amide bonds. The van der Waals surface area contributed by atoms with E-state index in [4.69, 9.17) is 2.79 Å². The van der Waals surface area contributed by atoms with Gasteiger partial charge in [-0.25, -0.2) is 0 Å². The number of rotatable bonds is 14. The summed E-state index contributed by atoms with van der Waals surface area (Å²) in [6.45, 7) is 0. The van der Waals surface area contributed by atoms with Crippen molar-refractivity contribution in [1.82, 2.24) is 0 Å². The van der Waals surface area contributed by atoms with Gasteiger partial charge < -0.3 is 0 Å². The SMILES string of the molecule is c1ccc([CH2][Ge]([CH2]c2ccccc2)([CH2]c2ccccc2)[O][Ge]([CH2]c2ccccc2)([CH2]c2ccccc2)[CH2]c2ccccc2)cc1. The molecular weight excluding hydrogens is 666 g/mol. The van der Waals surface area contributed by atoms with Gasteiger partial charge in [-0.1, -0.05) is 0 Å². The summed E-state index contributed by atoms with van der Waals surface area (Å²) in [6.07, 6.45) is 0. The van der Waals surface area contributed by atoms with Crippen molar-refractivity contribution < 1.29 is 2.79 Å². The normalized spacial score (nSPS) is 11.7. The van der Waals surface area contributed by atoms with Crippen LogP contribution in [0.2, 0.25) is 0 Å². The maximum absolute atomic E-state index is 8.42. The molecule has 0 aliphatic rings. The van der Waals surface area contributed by atoms with Crippen LogP contribution in [-0.2, 0) is 34.3 Å². The quantitative estimate of drug-likeness (QED) is 0.103. The molecule has 0 spiro atoms. The van der Waals surface area contributed by atoms with Crippen molar-refractivity contribution >= 4 is 27.2 Å². The summed E-state index contributed by atoms with van der Waals surface area (Å²) in [6, 6.07) is 67.0. The Bertz CT molecular complexity index is 1360. The minimum atomic E-state index is -3.27. The van der Waals surface area contributed by atoms with Crippen molar-refractivity contribution in [2.45, 2.75) is 31.5 Å². The van der Waals surface area contributed by atoms with Crippen molar-refractivity contribution in [3.8, 4) is 0 Å². The van der Waals surface area contributed by atoms with Crippen molar-refractivity contribution in [3.63, 3.8) is 0 Å². The van der Waals surface area contributed by atoms with Crippen molar-refractivity contribution in [2.75, 3.05) is 0 Å². The van der Waals surface area contributed by atoms with Crippen LogP contribution in [0.15, 0.2) is 182 Å². The van der Waals surface area contributed by atoms with E-state index in [1.807, 2.05) is 0 Å². The first-order chi connectivity index (χ1) is 22.2. The van der Waals surface area contributed by atoms with E-state index in [-0.39, 0.29) is 0 Å². The fraction of sp³-hybridized carbons (Fsp3) is 0.143. The van der Waals surface area contributed by atoms with Gasteiger partial charge in [0, 0.05) is 0 Å². The molecule has 6 rings (SSSR count). The molecule has 6 aromatic carbocycles. The molecule has 45 heavy (non-hydrogen) atoms. The number of hydrogen-bond donors (Lipinski definition) is 0. The van der Waals surface area contributed by atoms with Gasteiger partial charge in [0.05, 0.1) is 0 Å². The van der Waals surface area contributed by atoms with Crippen LogP contribution < -0.4 is 0 Å². The summed E-state index contributed by atoms with van der Waals surface area (Å²) in [5, 5.41) is 6.23. The third-order valence-electron chi connectivity index (χ3n) is 8.65. The topological polar surface area (TPSA) is 9.23 Å². The third kappa shape index (κ3) is 9.20. The van der Waals surface area contributed by atoms with Gasteiger partial charge in [-0.15, -0.1) is 0 Å². The molecule has 0 aliphatic heterocycles. The van der Waals surface area contributed by atoms with Crippen LogP contribution in [0.25, 0.3) is 0 Å². The Morgan fingerprint density at radius 3 is 0.556 bits per heavy atom. The van der Waals surface area contributed by atoms with Crippen LogP contribution in [0.5, 0.6) is 0 Å². The second kappa shape index (κ2) is 15.6. The van der Waals surface area contributed by atoms with Gasteiger partial charge in [0.15, 0.2) is 0 Å². The first-order valence-electron chi connectivity index (χ1n) is 16.1. The molecule has 0 N–H and O–H groups in total. The van der Waals surface area contributed by atoms with Crippen LogP contribution in [0.4, 0.5) is 0 Å². The van der Waals surface area contributed by atoms with Gasteiger partial charge in [-0.05, 0) is 0 Å². The monoisotopic (exact) mass is 710 g/mol. The van der Waals surface area contributed by atoms with Gasteiger partial charge >= 0.3 is 277 Å². The summed E-state index contributed by atoms with van der Waals surface area (Å²) < 4.78 is 8.42. The van der Waals surface area contributed by atoms with E-state index in [0.29, 0.717) is 0 Å². The van der Waals surface area contributed by atoms with E-state index in [1.165, 1.54) is 33.4 Å². The van der Waals surface area contributed by atoms with Crippen molar-refractivity contribution in [1.29, 1.82) is 0 Å². The molecule has 3 heteroatoms. The zero-order valence-corrected chi connectivity index (χ0v) is 30.2. The van der Waals surface area contributed by atoms with E-state index in [2.05, 4.69) is 182 Å². The Hall–Kier alpha value is -3.63. The molecule has 0 saturated carbocycles. The Morgan fingerprint density at radius 2 is 0.400 bits per heavy atom. The molecule has 0 aliphatic carbocycles. The Labute approximate surface area is 275 Å². The van der Waals surface area contributed by atoms with E-state index >= 15 is 0 Å².